The maximum absolute atomic E-state index is 13.6. The Morgan fingerprint density at radius 3 is 2.72 bits per heavy atom. The maximum atomic E-state index is 13.6. The molecule has 2 N–H and O–H groups in total. The van der Waals surface area contributed by atoms with Gasteiger partial charge in [-0.2, -0.15) is 0 Å². The number of methoxy groups -OCH3 is 1. The van der Waals surface area contributed by atoms with Gasteiger partial charge in [0.05, 0.1) is 31.2 Å². The number of hydrogen-bond donors (Lipinski definition) is 1. The van der Waals surface area contributed by atoms with Crippen molar-refractivity contribution < 1.29 is 19.0 Å². The van der Waals surface area contributed by atoms with E-state index in [0.29, 0.717) is 24.5 Å². The van der Waals surface area contributed by atoms with E-state index in [2.05, 4.69) is 0 Å². The molecule has 152 valence electrons. The quantitative estimate of drug-likeness (QED) is 0.797. The average Bonchev–Trinajstić information content (AvgIpc) is 3.23. The third-order valence-electron chi connectivity index (χ3n) is 5.52. The molecule has 0 unspecified atom stereocenters. The molecule has 3 heterocycles. The van der Waals surface area contributed by atoms with Crippen LogP contribution in [0.4, 0.5) is 0 Å². The molecule has 1 fully saturated rings. The van der Waals surface area contributed by atoms with Crippen LogP contribution in [0.2, 0.25) is 0 Å². The first-order valence-electron chi connectivity index (χ1n) is 9.68. The number of fused-ring (bicyclic) bond motifs is 1. The van der Waals surface area contributed by atoms with E-state index in [1.54, 1.807) is 10.6 Å². The van der Waals surface area contributed by atoms with Crippen LogP contribution in [0.1, 0.15) is 35.6 Å². The lowest BCUT2D eigenvalue weighted by atomic mass is 9.83. The Labute approximate surface area is 168 Å². The highest BCUT2D eigenvalue weighted by atomic mass is 16.5. The zero-order chi connectivity index (χ0) is 20.5. The highest BCUT2D eigenvalue weighted by Gasteiger charge is 2.38. The summed E-state index contributed by atoms with van der Waals surface area (Å²) in [5.41, 5.74) is 7.93. The first-order chi connectivity index (χ1) is 14.0. The number of esters is 1. The van der Waals surface area contributed by atoms with Crippen LogP contribution in [0.15, 0.2) is 52.6 Å². The number of hydrogen-bond acceptors (Lipinski definition) is 6. The SMILES string of the molecule is COC(=O)C1=C(N)Oc2cc(C)n(C[C@H]3CCCO3)c(=O)c2[C@H]1c1ccccc1. The molecule has 7 heteroatoms. The Hall–Kier alpha value is -3.06. The number of carbonyl (C=O) groups is 1. The van der Waals surface area contributed by atoms with Crippen molar-refractivity contribution in [3.8, 4) is 5.75 Å². The summed E-state index contributed by atoms with van der Waals surface area (Å²) in [6, 6.07) is 11.1. The number of aryl methyl sites for hydroxylation is 1. The van der Waals surface area contributed by atoms with Crippen LogP contribution in [0.5, 0.6) is 5.75 Å². The molecule has 0 saturated carbocycles. The van der Waals surface area contributed by atoms with Crippen LogP contribution >= 0.6 is 0 Å². The molecule has 0 aliphatic carbocycles. The number of aromatic nitrogens is 1. The van der Waals surface area contributed by atoms with Gasteiger partial charge in [0.1, 0.15) is 11.3 Å². The van der Waals surface area contributed by atoms with Gasteiger partial charge in [-0.15, -0.1) is 0 Å². The van der Waals surface area contributed by atoms with Gasteiger partial charge in [0.15, 0.2) is 0 Å². The van der Waals surface area contributed by atoms with E-state index < -0.39 is 11.9 Å². The van der Waals surface area contributed by atoms with Gasteiger partial charge in [0.25, 0.3) is 5.56 Å². The zero-order valence-electron chi connectivity index (χ0n) is 16.5. The molecule has 0 spiro atoms. The van der Waals surface area contributed by atoms with Crippen LogP contribution in [-0.4, -0.2) is 30.4 Å². The van der Waals surface area contributed by atoms with Gasteiger partial charge in [-0.25, -0.2) is 4.79 Å². The van der Waals surface area contributed by atoms with Gasteiger partial charge in [-0.05, 0) is 25.3 Å². The molecule has 7 nitrogen and oxygen atoms in total. The van der Waals surface area contributed by atoms with E-state index in [-0.39, 0.29) is 23.1 Å². The van der Waals surface area contributed by atoms with Gasteiger partial charge in [0.2, 0.25) is 5.88 Å². The minimum Gasteiger partial charge on any atom is -0.465 e. The molecule has 2 aromatic rings. The van der Waals surface area contributed by atoms with E-state index in [0.717, 1.165) is 24.1 Å². The van der Waals surface area contributed by atoms with E-state index in [1.165, 1.54) is 7.11 Å². The lowest BCUT2D eigenvalue weighted by Gasteiger charge is -2.29. The van der Waals surface area contributed by atoms with Gasteiger partial charge in [-0.3, -0.25) is 4.79 Å². The number of ether oxygens (including phenoxy) is 3. The van der Waals surface area contributed by atoms with Crippen molar-refractivity contribution in [1.29, 1.82) is 0 Å². The normalized spacial score (nSPS) is 20.9. The van der Waals surface area contributed by atoms with Crippen molar-refractivity contribution in [3.63, 3.8) is 0 Å². The number of nitrogens with two attached hydrogens (primary N) is 1. The van der Waals surface area contributed by atoms with Gasteiger partial charge >= 0.3 is 5.97 Å². The summed E-state index contributed by atoms with van der Waals surface area (Å²) in [5.74, 6) is -0.965. The Kier molecular flexibility index (Phi) is 5.15. The molecule has 0 amide bonds. The Morgan fingerprint density at radius 1 is 1.31 bits per heavy atom. The highest BCUT2D eigenvalue weighted by molar-refractivity contribution is 5.92. The van der Waals surface area contributed by atoms with Crippen LogP contribution in [0, 0.1) is 6.92 Å². The summed E-state index contributed by atoms with van der Waals surface area (Å²) in [6.07, 6.45) is 1.91. The minimum absolute atomic E-state index is 0.00447. The summed E-state index contributed by atoms with van der Waals surface area (Å²) in [7, 11) is 1.28. The second-order valence-electron chi connectivity index (χ2n) is 7.33. The predicted octanol–water partition coefficient (Wildman–Crippen LogP) is 2.20. The fraction of sp³-hybridized carbons (Fsp3) is 0.364. The van der Waals surface area contributed by atoms with E-state index >= 15 is 0 Å². The monoisotopic (exact) mass is 396 g/mol. The molecule has 2 aliphatic rings. The Balaban J connectivity index is 1.90. The number of nitrogens with zero attached hydrogens (tertiary/aromatic N) is 1. The van der Waals surface area contributed by atoms with Crippen LogP contribution in [0.25, 0.3) is 0 Å². The number of pyridine rings is 1. The maximum Gasteiger partial charge on any atom is 0.340 e. The summed E-state index contributed by atoms with van der Waals surface area (Å²) in [4.78, 5) is 26.1. The Bertz CT molecular complexity index is 1020. The van der Waals surface area contributed by atoms with E-state index in [9.17, 15) is 9.59 Å². The fourth-order valence-electron chi connectivity index (χ4n) is 4.09. The Morgan fingerprint density at radius 2 is 2.07 bits per heavy atom. The molecule has 4 rings (SSSR count). The molecule has 1 saturated heterocycles. The first kappa shape index (κ1) is 19.3. The van der Waals surface area contributed by atoms with Crippen LogP contribution in [-0.2, 0) is 20.8 Å². The van der Waals surface area contributed by atoms with Gasteiger partial charge < -0.3 is 24.5 Å². The average molecular weight is 396 g/mol. The lowest BCUT2D eigenvalue weighted by molar-refractivity contribution is -0.136. The second-order valence-corrected chi connectivity index (χ2v) is 7.33. The van der Waals surface area contributed by atoms with Crippen molar-refractivity contribution in [1.82, 2.24) is 4.57 Å². The molecule has 1 aromatic heterocycles. The topological polar surface area (TPSA) is 92.8 Å². The van der Waals surface area contributed by atoms with Crippen molar-refractivity contribution in [2.24, 2.45) is 5.73 Å². The van der Waals surface area contributed by atoms with Crippen LogP contribution < -0.4 is 16.0 Å². The van der Waals surface area contributed by atoms with E-state index in [4.69, 9.17) is 19.9 Å². The summed E-state index contributed by atoms with van der Waals surface area (Å²) in [5, 5.41) is 0. The standard InChI is InChI=1S/C22H24N2O5/c1-13-11-16-18(21(25)24(13)12-15-9-6-10-28-15)17(14-7-4-3-5-8-14)19(20(23)29-16)22(26)27-2/h3-5,7-8,11,15,17H,6,9-10,12,23H2,1-2H3/t15-,17-/m1/s1. The molecule has 1 aromatic carbocycles. The molecule has 0 bridgehead atoms. The second kappa shape index (κ2) is 7.75. The van der Waals surface area contributed by atoms with Crippen molar-refractivity contribution >= 4 is 5.97 Å². The molecule has 29 heavy (non-hydrogen) atoms. The van der Waals surface area contributed by atoms with E-state index in [1.807, 2.05) is 37.3 Å². The van der Waals surface area contributed by atoms with Crippen LogP contribution in [0.3, 0.4) is 0 Å². The third kappa shape index (κ3) is 3.42. The van der Waals surface area contributed by atoms with Crippen molar-refractivity contribution in [2.75, 3.05) is 13.7 Å². The number of rotatable bonds is 4. The zero-order valence-corrected chi connectivity index (χ0v) is 16.5. The summed E-state index contributed by atoms with van der Waals surface area (Å²) >= 11 is 0. The first-order valence-corrected chi connectivity index (χ1v) is 9.68. The predicted molar refractivity (Wildman–Crippen MR) is 107 cm³/mol. The number of benzene rings is 1. The number of carbonyl (C=O) groups excluding carboxylic acids is 1. The van der Waals surface area contributed by atoms with Crippen molar-refractivity contribution in [2.45, 2.75) is 38.3 Å². The molecule has 0 radical (unpaired) electrons. The molecular formula is C22H24N2O5. The lowest BCUT2D eigenvalue weighted by Crippen LogP contribution is -2.36. The minimum atomic E-state index is -0.670. The smallest absolute Gasteiger partial charge is 0.340 e. The summed E-state index contributed by atoms with van der Waals surface area (Å²) in [6.45, 7) is 3.03. The molecular weight excluding hydrogens is 372 g/mol. The highest BCUT2D eigenvalue weighted by Crippen LogP contribution is 2.41. The van der Waals surface area contributed by atoms with Gasteiger partial charge in [-0.1, -0.05) is 30.3 Å². The van der Waals surface area contributed by atoms with Gasteiger partial charge in [0, 0.05) is 18.4 Å². The van der Waals surface area contributed by atoms with Crippen molar-refractivity contribution in [3.05, 3.63) is 75.0 Å². The largest absolute Gasteiger partial charge is 0.465 e. The summed E-state index contributed by atoms with van der Waals surface area (Å²) < 4.78 is 18.1. The third-order valence-corrected chi connectivity index (χ3v) is 5.52. The molecule has 2 aliphatic heterocycles. The fourth-order valence-corrected chi connectivity index (χ4v) is 4.09. The molecule has 2 atom stereocenters.